The van der Waals surface area contributed by atoms with E-state index in [9.17, 15) is 0 Å². The Labute approximate surface area is 86.2 Å². The van der Waals surface area contributed by atoms with Crippen LogP contribution >= 0.6 is 11.8 Å². The van der Waals surface area contributed by atoms with Gasteiger partial charge in [-0.3, -0.25) is 0 Å². The Morgan fingerprint density at radius 2 is 2.08 bits per heavy atom. The normalized spacial score (nSPS) is 20.8. The molecule has 0 aliphatic carbocycles. The Balaban J connectivity index is 1.88. The first-order chi connectivity index (χ1) is 6.33. The van der Waals surface area contributed by atoms with Gasteiger partial charge in [0.2, 0.25) is 0 Å². The number of thioether (sulfide) groups is 1. The molecule has 1 saturated heterocycles. The van der Waals surface area contributed by atoms with E-state index in [1.165, 1.54) is 38.2 Å². The molecule has 0 bridgehead atoms. The van der Waals surface area contributed by atoms with Gasteiger partial charge in [0.15, 0.2) is 0 Å². The van der Waals surface area contributed by atoms with Crippen molar-refractivity contribution in [1.82, 2.24) is 4.90 Å². The van der Waals surface area contributed by atoms with Crippen LogP contribution in [0.1, 0.15) is 26.2 Å². The molecule has 1 aliphatic rings. The van der Waals surface area contributed by atoms with Crippen molar-refractivity contribution < 1.29 is 0 Å². The van der Waals surface area contributed by atoms with E-state index in [0.29, 0.717) is 6.04 Å². The summed E-state index contributed by atoms with van der Waals surface area (Å²) < 4.78 is 0. The van der Waals surface area contributed by atoms with E-state index in [1.54, 1.807) is 0 Å². The second-order valence-electron chi connectivity index (χ2n) is 3.79. The van der Waals surface area contributed by atoms with E-state index in [4.69, 9.17) is 5.73 Å². The van der Waals surface area contributed by atoms with Crippen LogP contribution in [0, 0.1) is 0 Å². The molecule has 78 valence electrons. The smallest absolute Gasteiger partial charge is 0.0127 e. The summed E-state index contributed by atoms with van der Waals surface area (Å²) in [5, 5.41) is 0. The zero-order chi connectivity index (χ0) is 9.52. The Hall–Kier alpha value is 0.270. The van der Waals surface area contributed by atoms with Crippen molar-refractivity contribution in [1.29, 1.82) is 0 Å². The molecule has 0 amide bonds. The molecular formula is C10H22N2S. The first-order valence-corrected chi connectivity index (χ1v) is 6.54. The maximum Gasteiger partial charge on any atom is 0.0127 e. The number of nitrogens with two attached hydrogens (primary N) is 1. The zero-order valence-corrected chi connectivity index (χ0v) is 9.48. The maximum atomic E-state index is 5.83. The van der Waals surface area contributed by atoms with Crippen molar-refractivity contribution in [3.8, 4) is 0 Å². The monoisotopic (exact) mass is 202 g/mol. The minimum atomic E-state index is 0.406. The topological polar surface area (TPSA) is 29.3 Å². The number of hydrogen-bond acceptors (Lipinski definition) is 3. The highest BCUT2D eigenvalue weighted by atomic mass is 32.2. The molecule has 2 N–H and O–H groups in total. The first-order valence-electron chi connectivity index (χ1n) is 5.38. The first kappa shape index (κ1) is 11.3. The van der Waals surface area contributed by atoms with Crippen molar-refractivity contribution in [2.45, 2.75) is 32.2 Å². The van der Waals surface area contributed by atoms with Gasteiger partial charge in [0.25, 0.3) is 0 Å². The highest BCUT2D eigenvalue weighted by Crippen LogP contribution is 2.09. The van der Waals surface area contributed by atoms with Crippen LogP contribution in [0.5, 0.6) is 0 Å². The summed E-state index contributed by atoms with van der Waals surface area (Å²) in [6, 6.07) is 0.406. The molecule has 3 heteroatoms. The van der Waals surface area contributed by atoms with Crippen LogP contribution in [0.2, 0.25) is 0 Å². The van der Waals surface area contributed by atoms with Gasteiger partial charge in [-0.05, 0) is 32.4 Å². The summed E-state index contributed by atoms with van der Waals surface area (Å²) in [5.74, 6) is 2.39. The fraction of sp³-hybridized carbons (Fsp3) is 1.00. The highest BCUT2D eigenvalue weighted by Gasteiger charge is 2.10. The highest BCUT2D eigenvalue weighted by molar-refractivity contribution is 7.99. The molecule has 0 aromatic carbocycles. The molecule has 1 heterocycles. The average Bonchev–Trinajstić information content (AvgIpc) is 2.64. The van der Waals surface area contributed by atoms with Crippen LogP contribution < -0.4 is 5.73 Å². The molecule has 0 saturated carbocycles. The Morgan fingerprint density at radius 1 is 1.38 bits per heavy atom. The van der Waals surface area contributed by atoms with Gasteiger partial charge in [0.05, 0.1) is 0 Å². The zero-order valence-electron chi connectivity index (χ0n) is 8.67. The lowest BCUT2D eigenvalue weighted by atomic mass is 10.3. The molecule has 1 atom stereocenters. The van der Waals surface area contributed by atoms with Gasteiger partial charge in [-0.25, -0.2) is 0 Å². The quantitative estimate of drug-likeness (QED) is 0.663. The summed E-state index contributed by atoms with van der Waals surface area (Å²) >= 11 is 2.01. The predicted molar refractivity (Wildman–Crippen MR) is 61.3 cm³/mol. The minimum Gasteiger partial charge on any atom is -0.327 e. The molecule has 0 aromatic rings. The van der Waals surface area contributed by atoms with E-state index in [1.807, 2.05) is 11.8 Å². The van der Waals surface area contributed by atoms with Crippen LogP contribution in [-0.2, 0) is 0 Å². The molecule has 13 heavy (non-hydrogen) atoms. The fourth-order valence-electron chi connectivity index (χ4n) is 1.55. The molecule has 1 unspecified atom stereocenters. The maximum absolute atomic E-state index is 5.83. The Morgan fingerprint density at radius 3 is 2.69 bits per heavy atom. The van der Waals surface area contributed by atoms with Crippen LogP contribution in [0.15, 0.2) is 0 Å². The molecule has 0 aromatic heterocycles. The van der Waals surface area contributed by atoms with E-state index >= 15 is 0 Å². The Kier molecular flexibility index (Phi) is 5.83. The van der Waals surface area contributed by atoms with E-state index in [0.717, 1.165) is 12.2 Å². The van der Waals surface area contributed by atoms with Gasteiger partial charge >= 0.3 is 0 Å². The third kappa shape index (κ3) is 4.89. The summed E-state index contributed by atoms with van der Waals surface area (Å²) in [6.07, 6.45) is 3.91. The molecule has 2 nitrogen and oxygen atoms in total. The van der Waals surface area contributed by atoms with E-state index in [-0.39, 0.29) is 0 Å². The van der Waals surface area contributed by atoms with Crippen LogP contribution in [-0.4, -0.2) is 42.1 Å². The molecule has 1 aliphatic heterocycles. The van der Waals surface area contributed by atoms with Crippen LogP contribution in [0.3, 0.4) is 0 Å². The van der Waals surface area contributed by atoms with Gasteiger partial charge in [0, 0.05) is 24.1 Å². The SMILES string of the molecule is CCC(N)CSCCN1CCCC1. The predicted octanol–water partition coefficient (Wildman–Crippen LogP) is 1.55. The van der Waals surface area contributed by atoms with Gasteiger partial charge in [-0.15, -0.1) is 0 Å². The largest absolute Gasteiger partial charge is 0.327 e. The number of likely N-dealkylation sites (tertiary alicyclic amines) is 1. The molecular weight excluding hydrogens is 180 g/mol. The average molecular weight is 202 g/mol. The third-order valence-corrected chi connectivity index (χ3v) is 3.74. The molecule has 0 radical (unpaired) electrons. The minimum absolute atomic E-state index is 0.406. The summed E-state index contributed by atoms with van der Waals surface area (Å²) in [4.78, 5) is 2.56. The standard InChI is InChI=1S/C10H22N2S/c1-2-10(11)9-13-8-7-12-5-3-4-6-12/h10H,2-9,11H2,1H3. The summed E-state index contributed by atoms with van der Waals surface area (Å²) in [5.41, 5.74) is 5.83. The van der Waals surface area contributed by atoms with Crippen LogP contribution in [0.25, 0.3) is 0 Å². The van der Waals surface area contributed by atoms with E-state index < -0.39 is 0 Å². The molecule has 1 rings (SSSR count). The van der Waals surface area contributed by atoms with Gasteiger partial charge in [-0.2, -0.15) is 11.8 Å². The van der Waals surface area contributed by atoms with Crippen molar-refractivity contribution in [3.05, 3.63) is 0 Å². The van der Waals surface area contributed by atoms with Gasteiger partial charge < -0.3 is 10.6 Å². The molecule has 0 spiro atoms. The number of rotatable bonds is 6. The van der Waals surface area contributed by atoms with Crippen molar-refractivity contribution >= 4 is 11.8 Å². The number of nitrogens with zero attached hydrogens (tertiary/aromatic N) is 1. The summed E-state index contributed by atoms with van der Waals surface area (Å²) in [7, 11) is 0. The van der Waals surface area contributed by atoms with Crippen molar-refractivity contribution in [2.75, 3.05) is 31.1 Å². The Bertz CT molecular complexity index is 124. The van der Waals surface area contributed by atoms with E-state index in [2.05, 4.69) is 11.8 Å². The number of hydrogen-bond donors (Lipinski definition) is 1. The van der Waals surface area contributed by atoms with Crippen molar-refractivity contribution in [2.24, 2.45) is 5.73 Å². The third-order valence-electron chi connectivity index (χ3n) is 2.61. The second-order valence-corrected chi connectivity index (χ2v) is 4.94. The van der Waals surface area contributed by atoms with Gasteiger partial charge in [-0.1, -0.05) is 6.92 Å². The summed E-state index contributed by atoms with van der Waals surface area (Å²) in [6.45, 7) is 6.06. The van der Waals surface area contributed by atoms with Crippen LogP contribution in [0.4, 0.5) is 0 Å². The lowest BCUT2D eigenvalue weighted by Crippen LogP contribution is -2.25. The molecule has 1 fully saturated rings. The second kappa shape index (κ2) is 6.68. The lowest BCUT2D eigenvalue weighted by molar-refractivity contribution is 0.362. The van der Waals surface area contributed by atoms with Gasteiger partial charge in [0.1, 0.15) is 0 Å². The lowest BCUT2D eigenvalue weighted by Gasteiger charge is -2.14. The fourth-order valence-corrected chi connectivity index (χ4v) is 2.64. The van der Waals surface area contributed by atoms with Crippen molar-refractivity contribution in [3.63, 3.8) is 0 Å².